The normalized spacial score (nSPS) is 12.6. The van der Waals surface area contributed by atoms with Gasteiger partial charge in [0.05, 0.1) is 17.7 Å². The van der Waals surface area contributed by atoms with Gasteiger partial charge < -0.3 is 14.9 Å². The third-order valence-electron chi connectivity index (χ3n) is 1.84. The SMILES string of the molecule is COc1cc(CC(C)O)cc(Br)c1O. The molecule has 0 aliphatic rings. The molecule has 1 aromatic carbocycles. The van der Waals surface area contributed by atoms with Gasteiger partial charge in [-0.15, -0.1) is 0 Å². The van der Waals surface area contributed by atoms with Crippen molar-refractivity contribution in [2.45, 2.75) is 19.4 Å². The van der Waals surface area contributed by atoms with Crippen LogP contribution in [0.25, 0.3) is 0 Å². The molecule has 0 aliphatic carbocycles. The number of rotatable bonds is 3. The summed E-state index contributed by atoms with van der Waals surface area (Å²) in [7, 11) is 1.49. The maximum atomic E-state index is 9.52. The number of methoxy groups -OCH3 is 1. The molecular formula is C10H13BrO3. The number of halogens is 1. The smallest absolute Gasteiger partial charge is 0.172 e. The number of benzene rings is 1. The van der Waals surface area contributed by atoms with Gasteiger partial charge in [0.15, 0.2) is 11.5 Å². The number of hydrogen-bond acceptors (Lipinski definition) is 3. The summed E-state index contributed by atoms with van der Waals surface area (Å²) in [6.07, 6.45) is 0.131. The predicted molar refractivity (Wildman–Crippen MR) is 57.7 cm³/mol. The molecule has 0 saturated carbocycles. The maximum Gasteiger partial charge on any atom is 0.172 e. The molecule has 0 heterocycles. The van der Waals surface area contributed by atoms with Crippen molar-refractivity contribution in [2.75, 3.05) is 7.11 Å². The van der Waals surface area contributed by atoms with E-state index in [2.05, 4.69) is 15.9 Å². The van der Waals surface area contributed by atoms with E-state index in [0.29, 0.717) is 16.6 Å². The maximum absolute atomic E-state index is 9.52. The summed E-state index contributed by atoms with van der Waals surface area (Å²) >= 11 is 3.22. The molecule has 1 rings (SSSR count). The molecule has 0 amide bonds. The highest BCUT2D eigenvalue weighted by Crippen LogP contribution is 2.35. The summed E-state index contributed by atoms with van der Waals surface area (Å²) in [4.78, 5) is 0. The fraction of sp³-hybridized carbons (Fsp3) is 0.400. The molecule has 0 spiro atoms. The van der Waals surface area contributed by atoms with Crippen molar-refractivity contribution < 1.29 is 14.9 Å². The van der Waals surface area contributed by atoms with Crippen molar-refractivity contribution in [1.82, 2.24) is 0 Å². The van der Waals surface area contributed by atoms with Crippen LogP contribution in [0.2, 0.25) is 0 Å². The molecule has 14 heavy (non-hydrogen) atoms. The molecule has 4 heteroatoms. The van der Waals surface area contributed by atoms with Gasteiger partial charge in [-0.2, -0.15) is 0 Å². The lowest BCUT2D eigenvalue weighted by Crippen LogP contribution is -2.04. The van der Waals surface area contributed by atoms with Gasteiger partial charge in [0.2, 0.25) is 0 Å². The topological polar surface area (TPSA) is 49.7 Å². The van der Waals surface area contributed by atoms with Gasteiger partial charge >= 0.3 is 0 Å². The van der Waals surface area contributed by atoms with Crippen LogP contribution in [0.3, 0.4) is 0 Å². The fourth-order valence-electron chi connectivity index (χ4n) is 1.24. The van der Waals surface area contributed by atoms with Crippen LogP contribution in [-0.2, 0) is 6.42 Å². The van der Waals surface area contributed by atoms with E-state index in [9.17, 15) is 10.2 Å². The Labute approximate surface area is 91.5 Å². The summed E-state index contributed by atoms with van der Waals surface area (Å²) in [5.74, 6) is 0.497. The van der Waals surface area contributed by atoms with Crippen molar-refractivity contribution in [1.29, 1.82) is 0 Å². The molecule has 0 aliphatic heterocycles. The fourth-order valence-corrected chi connectivity index (χ4v) is 1.73. The van der Waals surface area contributed by atoms with E-state index < -0.39 is 6.10 Å². The standard InChI is InChI=1S/C10H13BrO3/c1-6(12)3-7-4-8(11)10(13)9(5-7)14-2/h4-6,12-13H,3H2,1-2H3. The molecule has 3 nitrogen and oxygen atoms in total. The van der Waals surface area contributed by atoms with Gasteiger partial charge in [0, 0.05) is 0 Å². The first-order chi connectivity index (χ1) is 6.54. The van der Waals surface area contributed by atoms with Crippen LogP contribution in [-0.4, -0.2) is 23.4 Å². The van der Waals surface area contributed by atoms with E-state index in [1.807, 2.05) is 0 Å². The van der Waals surface area contributed by atoms with Crippen LogP contribution in [0, 0.1) is 0 Å². The Bertz CT molecular complexity index is 323. The van der Waals surface area contributed by atoms with E-state index >= 15 is 0 Å². The molecule has 0 bridgehead atoms. The van der Waals surface area contributed by atoms with Gasteiger partial charge in [-0.1, -0.05) is 0 Å². The van der Waals surface area contributed by atoms with Crippen LogP contribution < -0.4 is 4.74 Å². The first-order valence-corrected chi connectivity index (χ1v) is 5.07. The number of phenols is 1. The number of aromatic hydroxyl groups is 1. The van der Waals surface area contributed by atoms with E-state index in [1.54, 1.807) is 19.1 Å². The monoisotopic (exact) mass is 260 g/mol. The molecular weight excluding hydrogens is 248 g/mol. The van der Waals surface area contributed by atoms with E-state index in [0.717, 1.165) is 5.56 Å². The number of phenolic OH excluding ortho intramolecular Hbond substituents is 1. The molecule has 0 saturated heterocycles. The van der Waals surface area contributed by atoms with Crippen molar-refractivity contribution in [3.8, 4) is 11.5 Å². The summed E-state index contributed by atoms with van der Waals surface area (Å²) in [5, 5.41) is 18.7. The minimum absolute atomic E-state index is 0.0850. The quantitative estimate of drug-likeness (QED) is 0.875. The van der Waals surface area contributed by atoms with Gasteiger partial charge in [-0.25, -0.2) is 0 Å². The van der Waals surface area contributed by atoms with Crippen LogP contribution >= 0.6 is 15.9 Å². The minimum atomic E-state index is -0.406. The Balaban J connectivity index is 3.03. The highest BCUT2D eigenvalue weighted by atomic mass is 79.9. The molecule has 78 valence electrons. The zero-order valence-corrected chi connectivity index (χ0v) is 9.71. The Morgan fingerprint density at radius 2 is 2.14 bits per heavy atom. The second-order valence-electron chi connectivity index (χ2n) is 3.18. The summed E-state index contributed by atoms with van der Waals surface area (Å²) in [6, 6.07) is 3.48. The molecule has 1 unspecified atom stereocenters. The number of aliphatic hydroxyl groups excluding tert-OH is 1. The van der Waals surface area contributed by atoms with Gasteiger partial charge in [0.25, 0.3) is 0 Å². The Morgan fingerprint density at radius 3 is 2.64 bits per heavy atom. The lowest BCUT2D eigenvalue weighted by atomic mass is 10.1. The summed E-state index contributed by atoms with van der Waals surface area (Å²) in [5.41, 5.74) is 0.918. The first-order valence-electron chi connectivity index (χ1n) is 4.28. The third kappa shape index (κ3) is 2.62. The van der Waals surface area contributed by atoms with Crippen LogP contribution in [0.5, 0.6) is 11.5 Å². The largest absolute Gasteiger partial charge is 0.503 e. The number of hydrogen-bond donors (Lipinski definition) is 2. The van der Waals surface area contributed by atoms with Crippen LogP contribution in [0.4, 0.5) is 0 Å². The molecule has 1 aromatic rings. The minimum Gasteiger partial charge on any atom is -0.503 e. The lowest BCUT2D eigenvalue weighted by Gasteiger charge is -2.09. The first kappa shape index (κ1) is 11.3. The van der Waals surface area contributed by atoms with Crippen molar-refractivity contribution in [3.63, 3.8) is 0 Å². The Hall–Kier alpha value is -0.740. The van der Waals surface area contributed by atoms with Crippen molar-refractivity contribution in [2.24, 2.45) is 0 Å². The Morgan fingerprint density at radius 1 is 1.50 bits per heavy atom. The van der Waals surface area contributed by atoms with Crippen LogP contribution in [0.15, 0.2) is 16.6 Å². The van der Waals surface area contributed by atoms with Crippen molar-refractivity contribution >= 4 is 15.9 Å². The Kier molecular flexibility index (Phi) is 3.77. The average Bonchev–Trinajstić information content (AvgIpc) is 2.10. The zero-order valence-electron chi connectivity index (χ0n) is 8.12. The second-order valence-corrected chi connectivity index (χ2v) is 4.04. The second kappa shape index (κ2) is 4.66. The zero-order chi connectivity index (χ0) is 10.7. The van der Waals surface area contributed by atoms with Gasteiger partial charge in [-0.05, 0) is 47.0 Å². The van der Waals surface area contributed by atoms with Gasteiger partial charge in [-0.3, -0.25) is 0 Å². The third-order valence-corrected chi connectivity index (χ3v) is 2.44. The predicted octanol–water partition coefficient (Wildman–Crippen LogP) is 2.09. The molecule has 0 radical (unpaired) electrons. The van der Waals surface area contributed by atoms with E-state index in [1.165, 1.54) is 7.11 Å². The van der Waals surface area contributed by atoms with E-state index in [-0.39, 0.29) is 5.75 Å². The highest BCUT2D eigenvalue weighted by Gasteiger charge is 2.09. The average molecular weight is 261 g/mol. The lowest BCUT2D eigenvalue weighted by molar-refractivity contribution is 0.195. The summed E-state index contributed by atoms with van der Waals surface area (Å²) < 4.78 is 5.56. The molecule has 0 aromatic heterocycles. The van der Waals surface area contributed by atoms with Crippen molar-refractivity contribution in [3.05, 3.63) is 22.2 Å². The molecule has 2 N–H and O–H groups in total. The number of ether oxygens (including phenoxy) is 1. The van der Waals surface area contributed by atoms with Crippen LogP contribution in [0.1, 0.15) is 12.5 Å². The van der Waals surface area contributed by atoms with Gasteiger partial charge in [0.1, 0.15) is 0 Å². The van der Waals surface area contributed by atoms with E-state index in [4.69, 9.17) is 4.74 Å². The summed E-state index contributed by atoms with van der Waals surface area (Å²) in [6.45, 7) is 1.72. The molecule has 1 atom stereocenters. The number of aliphatic hydroxyl groups is 1. The molecule has 0 fully saturated rings. The highest BCUT2D eigenvalue weighted by molar-refractivity contribution is 9.10.